The average molecular weight is 445 g/mol. The zero-order chi connectivity index (χ0) is 22.9. The van der Waals surface area contributed by atoms with Crippen LogP contribution in [0.2, 0.25) is 0 Å². The van der Waals surface area contributed by atoms with Crippen LogP contribution in [-0.2, 0) is 0 Å². The highest BCUT2D eigenvalue weighted by Gasteiger charge is 2.22. The predicted molar refractivity (Wildman–Crippen MR) is 127 cm³/mol. The van der Waals surface area contributed by atoms with E-state index in [-0.39, 0.29) is 12.2 Å². The van der Waals surface area contributed by atoms with Gasteiger partial charge in [0.05, 0.1) is 23.9 Å². The maximum atomic E-state index is 9.80. The lowest BCUT2D eigenvalue weighted by Gasteiger charge is -2.27. The lowest BCUT2D eigenvalue weighted by Crippen LogP contribution is -2.26. The van der Waals surface area contributed by atoms with Gasteiger partial charge in [-0.1, -0.05) is 0 Å². The van der Waals surface area contributed by atoms with E-state index in [9.17, 15) is 5.11 Å². The summed E-state index contributed by atoms with van der Waals surface area (Å²) in [7, 11) is 0. The van der Waals surface area contributed by atoms with Gasteiger partial charge in [-0.2, -0.15) is 5.10 Å². The highest BCUT2D eigenvalue weighted by atomic mass is 16.5. The molecule has 1 aliphatic rings. The van der Waals surface area contributed by atoms with Crippen molar-refractivity contribution in [3.63, 3.8) is 0 Å². The number of anilines is 2. The van der Waals surface area contributed by atoms with E-state index >= 15 is 0 Å². The number of fused-ring (bicyclic) bond motifs is 1. The molecule has 4 heterocycles. The number of aliphatic hydroxyl groups is 1. The zero-order valence-corrected chi connectivity index (χ0v) is 19.1. The van der Waals surface area contributed by atoms with Crippen LogP contribution in [0.3, 0.4) is 0 Å². The van der Waals surface area contributed by atoms with Crippen molar-refractivity contribution < 1.29 is 9.84 Å². The van der Waals surface area contributed by atoms with Crippen molar-refractivity contribution in [3.8, 4) is 16.9 Å². The van der Waals surface area contributed by atoms with Gasteiger partial charge in [-0.25, -0.2) is 14.5 Å². The molecule has 5 rings (SSSR count). The maximum Gasteiger partial charge on any atom is 0.154 e. The molecule has 0 saturated heterocycles. The minimum atomic E-state index is -0.206. The van der Waals surface area contributed by atoms with E-state index in [2.05, 4.69) is 37.5 Å². The molecular formula is C25H28N6O2. The Labute approximate surface area is 192 Å². The van der Waals surface area contributed by atoms with Gasteiger partial charge in [-0.05, 0) is 70.2 Å². The van der Waals surface area contributed by atoms with E-state index in [0.717, 1.165) is 71.1 Å². The number of rotatable bonds is 5. The van der Waals surface area contributed by atoms with Crippen LogP contribution in [-0.4, -0.2) is 41.9 Å². The number of hydrogen-bond acceptors (Lipinski definition) is 7. The Balaban J connectivity index is 1.43. The van der Waals surface area contributed by atoms with Gasteiger partial charge in [0.15, 0.2) is 5.82 Å². The van der Waals surface area contributed by atoms with Crippen molar-refractivity contribution >= 4 is 17.2 Å². The number of hydrogen-bond donors (Lipinski definition) is 2. The largest absolute Gasteiger partial charge is 0.488 e. The van der Waals surface area contributed by atoms with Crippen molar-refractivity contribution in [3.05, 3.63) is 59.9 Å². The number of nitrogens with zero attached hydrogens (tertiary/aromatic N) is 5. The Morgan fingerprint density at radius 2 is 1.79 bits per heavy atom. The van der Waals surface area contributed by atoms with Gasteiger partial charge in [0.2, 0.25) is 0 Å². The van der Waals surface area contributed by atoms with Gasteiger partial charge in [0.1, 0.15) is 17.4 Å². The molecule has 1 fully saturated rings. The highest BCUT2D eigenvalue weighted by Crippen LogP contribution is 2.34. The van der Waals surface area contributed by atoms with Gasteiger partial charge in [0.25, 0.3) is 0 Å². The lowest BCUT2D eigenvalue weighted by molar-refractivity contribution is 0.0667. The molecule has 170 valence electrons. The third-order valence-corrected chi connectivity index (χ3v) is 5.94. The van der Waals surface area contributed by atoms with Crippen molar-refractivity contribution in [1.29, 1.82) is 0 Å². The van der Waals surface area contributed by atoms with Gasteiger partial charge in [0, 0.05) is 35.3 Å². The summed E-state index contributed by atoms with van der Waals surface area (Å²) in [6, 6.07) is 10.1. The first-order chi connectivity index (χ1) is 15.9. The van der Waals surface area contributed by atoms with Crippen molar-refractivity contribution in [2.75, 3.05) is 5.32 Å². The molecule has 1 saturated carbocycles. The van der Waals surface area contributed by atoms with Gasteiger partial charge in [-0.3, -0.25) is 4.98 Å². The first-order valence-corrected chi connectivity index (χ1v) is 11.3. The minimum absolute atomic E-state index is 0.103. The Morgan fingerprint density at radius 3 is 2.58 bits per heavy atom. The van der Waals surface area contributed by atoms with Crippen molar-refractivity contribution in [2.24, 2.45) is 0 Å². The third kappa shape index (κ3) is 4.80. The molecule has 0 radical (unpaired) electrons. The standard InChI is InChI=1S/C25H28N6O2/c1-15-10-22(23(14-26-15)33-21-6-4-20(32)5-7-21)18-8-9-31-19(12-18)13-25(30-31)29-24-11-16(2)27-17(3)28-24/h8-14,20-21,32H,4-7H2,1-3H3,(H,27,28,29,30)/t20-,21-. The molecule has 0 atom stereocenters. The molecule has 0 spiro atoms. The molecule has 8 heteroatoms. The summed E-state index contributed by atoms with van der Waals surface area (Å²) >= 11 is 0. The zero-order valence-electron chi connectivity index (χ0n) is 19.1. The van der Waals surface area contributed by atoms with Crippen LogP contribution in [0.15, 0.2) is 42.7 Å². The van der Waals surface area contributed by atoms with Crippen LogP contribution in [0, 0.1) is 20.8 Å². The maximum absolute atomic E-state index is 9.80. The summed E-state index contributed by atoms with van der Waals surface area (Å²) in [5.41, 5.74) is 4.84. The predicted octanol–water partition coefficient (Wildman–Crippen LogP) is 4.54. The molecular weight excluding hydrogens is 416 g/mol. The first kappa shape index (κ1) is 21.3. The number of nitrogens with one attached hydrogen (secondary N) is 1. The second-order valence-corrected chi connectivity index (χ2v) is 8.75. The van der Waals surface area contributed by atoms with Gasteiger partial charge >= 0.3 is 0 Å². The number of pyridine rings is 2. The molecule has 0 unspecified atom stereocenters. The monoisotopic (exact) mass is 444 g/mol. The van der Waals surface area contributed by atoms with E-state index in [1.165, 1.54) is 0 Å². The van der Waals surface area contributed by atoms with E-state index in [1.807, 2.05) is 55.9 Å². The SMILES string of the molecule is Cc1cc(-c2ccn3nc(Nc4cc(C)nc(C)n4)cc3c2)c(O[C@H]2CC[C@H](O)CC2)cn1. The number of ether oxygens (including phenoxy) is 1. The molecule has 33 heavy (non-hydrogen) atoms. The molecule has 8 nitrogen and oxygen atoms in total. The fraction of sp³-hybridized carbons (Fsp3) is 0.360. The summed E-state index contributed by atoms with van der Waals surface area (Å²) in [6.45, 7) is 5.80. The number of aryl methyl sites for hydroxylation is 3. The lowest BCUT2D eigenvalue weighted by atomic mass is 9.95. The Hall–Kier alpha value is -3.52. The Bertz CT molecular complexity index is 1270. The van der Waals surface area contributed by atoms with Crippen molar-refractivity contribution in [1.82, 2.24) is 24.6 Å². The van der Waals surface area contributed by atoms with Gasteiger partial charge in [-0.15, -0.1) is 0 Å². The van der Waals surface area contributed by atoms with Crippen LogP contribution in [0.4, 0.5) is 11.6 Å². The summed E-state index contributed by atoms with van der Waals surface area (Å²) in [4.78, 5) is 13.2. The normalized spacial score (nSPS) is 18.4. The fourth-order valence-corrected chi connectivity index (χ4v) is 4.34. The smallest absolute Gasteiger partial charge is 0.154 e. The van der Waals surface area contributed by atoms with Crippen LogP contribution < -0.4 is 10.1 Å². The molecule has 4 aromatic heterocycles. The van der Waals surface area contributed by atoms with Crippen LogP contribution >= 0.6 is 0 Å². The molecule has 0 aromatic carbocycles. The molecule has 0 aliphatic heterocycles. The average Bonchev–Trinajstić information content (AvgIpc) is 3.17. The topological polar surface area (TPSA) is 97.5 Å². The van der Waals surface area contributed by atoms with Gasteiger partial charge < -0.3 is 15.2 Å². The quantitative estimate of drug-likeness (QED) is 0.466. The summed E-state index contributed by atoms with van der Waals surface area (Å²) in [5.74, 6) is 2.93. The van der Waals surface area contributed by atoms with E-state index in [4.69, 9.17) is 4.74 Å². The van der Waals surface area contributed by atoms with Crippen LogP contribution in [0.5, 0.6) is 5.75 Å². The number of aliphatic hydroxyl groups excluding tert-OH is 1. The Kier molecular flexibility index (Phi) is 5.68. The number of aromatic nitrogens is 5. The molecule has 1 aliphatic carbocycles. The first-order valence-electron chi connectivity index (χ1n) is 11.3. The second kappa shape index (κ2) is 8.78. The second-order valence-electron chi connectivity index (χ2n) is 8.75. The summed E-state index contributed by atoms with van der Waals surface area (Å²) < 4.78 is 8.18. The van der Waals surface area contributed by atoms with Crippen molar-refractivity contribution in [2.45, 2.75) is 58.7 Å². The van der Waals surface area contributed by atoms with E-state index in [0.29, 0.717) is 5.82 Å². The highest BCUT2D eigenvalue weighted by molar-refractivity contribution is 5.75. The summed E-state index contributed by atoms with van der Waals surface area (Å²) in [6.07, 6.45) is 6.92. The summed E-state index contributed by atoms with van der Waals surface area (Å²) in [5, 5.41) is 17.7. The minimum Gasteiger partial charge on any atom is -0.488 e. The van der Waals surface area contributed by atoms with E-state index in [1.54, 1.807) is 0 Å². The molecule has 0 amide bonds. The molecule has 0 bridgehead atoms. The molecule has 4 aromatic rings. The fourth-order valence-electron chi connectivity index (χ4n) is 4.34. The third-order valence-electron chi connectivity index (χ3n) is 5.94. The van der Waals surface area contributed by atoms with E-state index < -0.39 is 0 Å². The Morgan fingerprint density at radius 1 is 0.970 bits per heavy atom. The molecule has 2 N–H and O–H groups in total. The van der Waals surface area contributed by atoms with Crippen LogP contribution in [0.25, 0.3) is 16.6 Å². The van der Waals surface area contributed by atoms with Crippen LogP contribution in [0.1, 0.15) is 42.9 Å².